The van der Waals surface area contributed by atoms with Crippen LogP contribution in [0.3, 0.4) is 0 Å². The second-order valence-corrected chi connectivity index (χ2v) is 17.1. The van der Waals surface area contributed by atoms with Crippen LogP contribution < -0.4 is 9.80 Å². The maximum atomic E-state index is 10.2. The van der Waals surface area contributed by atoms with Gasteiger partial charge in [-0.15, -0.1) is 0 Å². The van der Waals surface area contributed by atoms with Gasteiger partial charge in [-0.3, -0.25) is 0 Å². The molecule has 0 radical (unpaired) electrons. The molecule has 68 heavy (non-hydrogen) atoms. The molecule has 1 aromatic heterocycles. The molecular formula is C65H44N2O. The van der Waals surface area contributed by atoms with E-state index < -0.39 is 35.6 Å². The van der Waals surface area contributed by atoms with Crippen LogP contribution in [0.4, 0.5) is 34.1 Å². The molecule has 0 amide bonds. The zero-order valence-electron chi connectivity index (χ0n) is 43.7. The lowest BCUT2D eigenvalue weighted by Gasteiger charge is -2.35. The minimum atomic E-state index is -1.52. The SMILES string of the molecule is [2H]c1c([2H])c([2H])c2c(C3(c4ccc5oc6ccccc6c5c4)c4ccc(N(c5ccccc5)c5ccccc5)cc4-c4cc(N(c5ccccc5)c5ccccc5-c5ccccc5)ccc43)c([2H])c([2H])c([2H])c2c1[2H]. The lowest BCUT2D eigenvalue weighted by atomic mass is 9.66. The third-order valence-electron chi connectivity index (χ3n) is 13.4. The lowest BCUT2D eigenvalue weighted by Crippen LogP contribution is -2.29. The van der Waals surface area contributed by atoms with Crippen molar-refractivity contribution in [3.05, 3.63) is 289 Å². The normalized spacial score (nSPS) is 15.4. The second-order valence-electron chi connectivity index (χ2n) is 17.1. The molecule has 12 aromatic rings. The Morgan fingerprint density at radius 2 is 0.897 bits per heavy atom. The highest BCUT2D eigenvalue weighted by molar-refractivity contribution is 6.06. The van der Waals surface area contributed by atoms with Gasteiger partial charge in [-0.05, 0) is 135 Å². The fourth-order valence-corrected chi connectivity index (χ4v) is 10.5. The summed E-state index contributed by atoms with van der Waals surface area (Å²) in [6.07, 6.45) is 0. The third kappa shape index (κ3) is 6.28. The van der Waals surface area contributed by atoms with Gasteiger partial charge in [0.1, 0.15) is 11.2 Å². The summed E-state index contributed by atoms with van der Waals surface area (Å²) in [5, 5.41) is 1.61. The summed E-state index contributed by atoms with van der Waals surface area (Å²) >= 11 is 0. The van der Waals surface area contributed by atoms with Crippen LogP contribution in [0, 0.1) is 0 Å². The maximum Gasteiger partial charge on any atom is 0.135 e. The first-order valence-electron chi connectivity index (χ1n) is 26.3. The van der Waals surface area contributed by atoms with E-state index in [2.05, 4.69) is 119 Å². The number of anilines is 6. The van der Waals surface area contributed by atoms with Crippen LogP contribution in [-0.4, -0.2) is 0 Å². The molecule has 0 N–H and O–H groups in total. The minimum Gasteiger partial charge on any atom is -0.456 e. The van der Waals surface area contributed by atoms with Gasteiger partial charge in [0.25, 0.3) is 0 Å². The van der Waals surface area contributed by atoms with Gasteiger partial charge < -0.3 is 14.2 Å². The first-order valence-corrected chi connectivity index (χ1v) is 22.8. The molecule has 0 saturated carbocycles. The van der Waals surface area contributed by atoms with E-state index in [0.717, 1.165) is 78.3 Å². The average Bonchev–Trinajstić information content (AvgIpc) is 3.98. The van der Waals surface area contributed by atoms with Crippen molar-refractivity contribution >= 4 is 66.8 Å². The molecule has 3 heteroatoms. The monoisotopic (exact) mass is 875 g/mol. The van der Waals surface area contributed by atoms with Crippen molar-refractivity contribution in [2.75, 3.05) is 9.80 Å². The molecule has 1 aliphatic rings. The Labute approximate surface area is 405 Å². The highest BCUT2D eigenvalue weighted by Crippen LogP contribution is 2.60. The standard InChI is InChI=1S/C65H44N2O/c1-5-20-46(21-6-1)54-31-15-17-34-62(54)67(50-28-11-4-12-29-50)52-38-40-61-57(44-52)56-43-51(66(48-24-7-2-8-25-48)49-26-9-3-10-27-49)37-39-60(56)65(61,59-33-19-23-45-22-13-14-30-53(45)59)47-36-41-64-58(42-47)55-32-16-18-35-63(55)68-64/h1-44H/i13D,14D,19D,22D,23D,30D,33D. The molecule has 11 aromatic carbocycles. The van der Waals surface area contributed by atoms with E-state index in [0.29, 0.717) is 16.7 Å². The van der Waals surface area contributed by atoms with E-state index in [1.807, 2.05) is 115 Å². The molecule has 1 aliphatic carbocycles. The van der Waals surface area contributed by atoms with Gasteiger partial charge in [0.2, 0.25) is 0 Å². The zero-order chi connectivity index (χ0) is 51.1. The Bertz CT molecular complexity index is 4180. The number of hydrogen-bond acceptors (Lipinski definition) is 3. The summed E-state index contributed by atoms with van der Waals surface area (Å²) in [6, 6.07) is 72.8. The predicted octanol–water partition coefficient (Wildman–Crippen LogP) is 17.7. The van der Waals surface area contributed by atoms with Crippen molar-refractivity contribution in [3.63, 3.8) is 0 Å². The molecule has 1 unspecified atom stereocenters. The number of para-hydroxylation sites is 5. The molecular weight excluding hydrogens is 825 g/mol. The first kappa shape index (κ1) is 32.7. The summed E-state index contributed by atoms with van der Waals surface area (Å²) in [7, 11) is 0. The van der Waals surface area contributed by atoms with Crippen LogP contribution in [0.1, 0.15) is 31.8 Å². The van der Waals surface area contributed by atoms with Crippen molar-refractivity contribution < 1.29 is 14.0 Å². The smallest absolute Gasteiger partial charge is 0.135 e. The largest absolute Gasteiger partial charge is 0.456 e. The van der Waals surface area contributed by atoms with Crippen molar-refractivity contribution in [2.45, 2.75) is 5.41 Å². The van der Waals surface area contributed by atoms with E-state index >= 15 is 0 Å². The third-order valence-corrected chi connectivity index (χ3v) is 13.4. The number of nitrogens with zero attached hydrogens (tertiary/aromatic N) is 2. The summed E-state index contributed by atoms with van der Waals surface area (Å²) in [6.45, 7) is 0. The number of fused-ring (bicyclic) bond motifs is 7. The Morgan fingerprint density at radius 1 is 0.353 bits per heavy atom. The summed E-state index contributed by atoms with van der Waals surface area (Å²) in [5.41, 5.74) is 11.3. The van der Waals surface area contributed by atoms with Gasteiger partial charge in [0.15, 0.2) is 0 Å². The van der Waals surface area contributed by atoms with Crippen molar-refractivity contribution in [1.29, 1.82) is 0 Å². The second kappa shape index (κ2) is 16.2. The summed E-state index contributed by atoms with van der Waals surface area (Å²) < 4.78 is 72.5. The molecule has 0 fully saturated rings. The number of hydrogen-bond donors (Lipinski definition) is 0. The Kier molecular flexibility index (Phi) is 7.79. The summed E-state index contributed by atoms with van der Waals surface area (Å²) in [5.74, 6) is 0. The van der Waals surface area contributed by atoms with Crippen LogP contribution in [0.2, 0.25) is 0 Å². The topological polar surface area (TPSA) is 19.6 Å². The van der Waals surface area contributed by atoms with Gasteiger partial charge in [-0.25, -0.2) is 0 Å². The first-order chi connectivity index (χ1) is 36.6. The molecule has 1 heterocycles. The van der Waals surface area contributed by atoms with E-state index in [1.165, 1.54) is 0 Å². The molecule has 1 atom stereocenters. The highest BCUT2D eigenvalue weighted by atomic mass is 16.3. The van der Waals surface area contributed by atoms with Crippen LogP contribution in [0.25, 0.3) is 55.0 Å². The minimum absolute atomic E-state index is 0.0222. The Morgan fingerprint density at radius 3 is 1.59 bits per heavy atom. The van der Waals surface area contributed by atoms with Gasteiger partial charge in [-0.2, -0.15) is 0 Å². The summed E-state index contributed by atoms with van der Waals surface area (Å²) in [4.78, 5) is 4.47. The molecule has 13 rings (SSSR count). The van der Waals surface area contributed by atoms with Crippen molar-refractivity contribution in [1.82, 2.24) is 0 Å². The lowest BCUT2D eigenvalue weighted by molar-refractivity contribution is 0.668. The predicted molar refractivity (Wildman–Crippen MR) is 283 cm³/mol. The molecule has 320 valence electrons. The van der Waals surface area contributed by atoms with Crippen LogP contribution in [0.15, 0.2) is 271 Å². The van der Waals surface area contributed by atoms with Crippen molar-refractivity contribution in [3.8, 4) is 22.3 Å². The Hall–Kier alpha value is -8.92. The van der Waals surface area contributed by atoms with Crippen LogP contribution in [0.5, 0.6) is 0 Å². The highest BCUT2D eigenvalue weighted by Gasteiger charge is 2.48. The number of furan rings is 1. The van der Waals surface area contributed by atoms with Crippen LogP contribution in [-0.2, 0) is 5.41 Å². The van der Waals surface area contributed by atoms with Crippen LogP contribution >= 0.6 is 0 Å². The zero-order valence-corrected chi connectivity index (χ0v) is 36.7. The molecule has 0 saturated heterocycles. The van der Waals surface area contributed by atoms with E-state index in [9.17, 15) is 6.85 Å². The van der Waals surface area contributed by atoms with E-state index in [1.54, 1.807) is 0 Å². The quantitative estimate of drug-likeness (QED) is 0.144. The van der Waals surface area contributed by atoms with Crippen molar-refractivity contribution in [2.24, 2.45) is 0 Å². The fraction of sp³-hybridized carbons (Fsp3) is 0.0154. The maximum absolute atomic E-state index is 10.2. The molecule has 0 aliphatic heterocycles. The van der Waals surface area contributed by atoms with Gasteiger partial charge in [-0.1, -0.05) is 182 Å². The molecule has 3 nitrogen and oxygen atoms in total. The van der Waals surface area contributed by atoms with Gasteiger partial charge in [0.05, 0.1) is 20.7 Å². The molecule has 0 bridgehead atoms. The van der Waals surface area contributed by atoms with Gasteiger partial charge >= 0.3 is 0 Å². The fourth-order valence-electron chi connectivity index (χ4n) is 10.5. The van der Waals surface area contributed by atoms with E-state index in [-0.39, 0.29) is 28.4 Å². The number of benzene rings is 11. The average molecular weight is 876 g/mol. The van der Waals surface area contributed by atoms with Gasteiger partial charge in [0, 0.05) is 44.8 Å². The molecule has 0 spiro atoms. The Balaban J connectivity index is 1.20. The number of rotatable bonds is 9. The van der Waals surface area contributed by atoms with E-state index in [4.69, 9.17) is 7.16 Å².